The lowest BCUT2D eigenvalue weighted by atomic mass is 9.90. The van der Waals surface area contributed by atoms with E-state index in [0.717, 1.165) is 0 Å². The SMILES string of the molecule is CC(=O)C(C)(Cl)CC(C)(Cl)C(C)=O. The number of ketones is 2. The first-order chi connectivity index (χ1) is 5.59. The highest BCUT2D eigenvalue weighted by molar-refractivity contribution is 6.38. The van der Waals surface area contributed by atoms with E-state index in [1.54, 1.807) is 13.8 Å². The van der Waals surface area contributed by atoms with E-state index >= 15 is 0 Å². The predicted octanol–water partition coefficient (Wildman–Crippen LogP) is 2.55. The van der Waals surface area contributed by atoms with Crippen molar-refractivity contribution in [1.82, 2.24) is 0 Å². The summed E-state index contributed by atoms with van der Waals surface area (Å²) in [6.07, 6.45) is 0.147. The highest BCUT2D eigenvalue weighted by Crippen LogP contribution is 2.32. The molecule has 0 N–H and O–H groups in total. The summed E-state index contributed by atoms with van der Waals surface area (Å²) in [5, 5.41) is 0. The second-order valence-electron chi connectivity index (χ2n) is 3.68. The van der Waals surface area contributed by atoms with E-state index in [0.29, 0.717) is 0 Å². The van der Waals surface area contributed by atoms with Crippen molar-refractivity contribution >= 4 is 34.8 Å². The van der Waals surface area contributed by atoms with Gasteiger partial charge in [-0.1, -0.05) is 0 Å². The van der Waals surface area contributed by atoms with Crippen molar-refractivity contribution in [3.8, 4) is 0 Å². The predicted molar refractivity (Wildman–Crippen MR) is 54.5 cm³/mol. The van der Waals surface area contributed by atoms with Gasteiger partial charge in [-0.15, -0.1) is 23.2 Å². The summed E-state index contributed by atoms with van der Waals surface area (Å²) in [6, 6.07) is 0. The van der Waals surface area contributed by atoms with Gasteiger partial charge in [0.15, 0.2) is 0 Å². The van der Waals surface area contributed by atoms with Crippen LogP contribution >= 0.6 is 23.2 Å². The molecular formula is C9H14Cl2O2. The average molecular weight is 225 g/mol. The Labute approximate surface area is 88.6 Å². The molecule has 0 saturated carbocycles. The molecule has 0 aliphatic carbocycles. The molecule has 0 aliphatic rings. The molecule has 0 aromatic heterocycles. The van der Waals surface area contributed by atoms with Crippen LogP contribution in [0.4, 0.5) is 0 Å². The van der Waals surface area contributed by atoms with E-state index in [9.17, 15) is 9.59 Å². The average Bonchev–Trinajstić information content (AvgIpc) is 1.83. The topological polar surface area (TPSA) is 34.1 Å². The fourth-order valence-corrected chi connectivity index (χ4v) is 1.48. The summed E-state index contributed by atoms with van der Waals surface area (Å²) in [4.78, 5) is 20.0. The fraction of sp³-hybridized carbons (Fsp3) is 0.778. The van der Waals surface area contributed by atoms with Gasteiger partial charge in [-0.05, 0) is 34.1 Å². The van der Waals surface area contributed by atoms with Gasteiger partial charge in [0.05, 0.1) is 0 Å². The molecule has 0 heterocycles. The Hall–Kier alpha value is -0.0800. The Kier molecular flexibility index (Phi) is 3.95. The maximum Gasteiger partial charge on any atom is 0.150 e. The van der Waals surface area contributed by atoms with Crippen LogP contribution in [0.5, 0.6) is 0 Å². The van der Waals surface area contributed by atoms with E-state index in [-0.39, 0.29) is 18.0 Å². The van der Waals surface area contributed by atoms with Crippen LogP contribution in [0.15, 0.2) is 0 Å². The molecular weight excluding hydrogens is 211 g/mol. The van der Waals surface area contributed by atoms with Crippen molar-refractivity contribution in [1.29, 1.82) is 0 Å². The van der Waals surface area contributed by atoms with Crippen LogP contribution in [0.25, 0.3) is 0 Å². The van der Waals surface area contributed by atoms with Crippen LogP contribution in [0, 0.1) is 0 Å². The van der Waals surface area contributed by atoms with Gasteiger partial charge in [-0.2, -0.15) is 0 Å². The number of carbonyl (C=O) groups is 2. The first kappa shape index (κ1) is 12.9. The lowest BCUT2D eigenvalue weighted by molar-refractivity contribution is -0.121. The highest BCUT2D eigenvalue weighted by atomic mass is 35.5. The lowest BCUT2D eigenvalue weighted by Crippen LogP contribution is -2.39. The summed E-state index contributed by atoms with van der Waals surface area (Å²) in [5.41, 5.74) is 0. The van der Waals surface area contributed by atoms with Gasteiger partial charge in [0.2, 0.25) is 0 Å². The minimum atomic E-state index is -1.05. The summed E-state index contributed by atoms with van der Waals surface area (Å²) in [7, 11) is 0. The molecule has 13 heavy (non-hydrogen) atoms. The maximum atomic E-state index is 11.1. The van der Waals surface area contributed by atoms with Gasteiger partial charge >= 0.3 is 0 Å². The molecule has 0 spiro atoms. The van der Waals surface area contributed by atoms with Crippen molar-refractivity contribution in [2.24, 2.45) is 0 Å². The van der Waals surface area contributed by atoms with E-state index in [1.807, 2.05) is 0 Å². The number of Topliss-reactive ketones (excluding diaryl/α,β-unsaturated/α-hetero) is 2. The van der Waals surface area contributed by atoms with Crippen LogP contribution in [0.3, 0.4) is 0 Å². The molecule has 0 bridgehead atoms. The molecule has 4 heteroatoms. The standard InChI is InChI=1S/C9H14Cl2O2/c1-6(12)8(3,10)5-9(4,11)7(2)13/h5H2,1-4H3. The number of hydrogen-bond donors (Lipinski definition) is 0. The monoisotopic (exact) mass is 224 g/mol. The van der Waals surface area contributed by atoms with Crippen molar-refractivity contribution in [3.05, 3.63) is 0 Å². The van der Waals surface area contributed by atoms with Crippen molar-refractivity contribution in [2.45, 2.75) is 43.9 Å². The lowest BCUT2D eigenvalue weighted by Gasteiger charge is -2.27. The molecule has 0 aromatic carbocycles. The Morgan fingerprint density at radius 1 is 1.00 bits per heavy atom. The van der Waals surface area contributed by atoms with E-state index in [2.05, 4.69) is 0 Å². The fourth-order valence-electron chi connectivity index (χ4n) is 0.872. The molecule has 2 atom stereocenters. The molecule has 2 nitrogen and oxygen atoms in total. The van der Waals surface area contributed by atoms with E-state index in [1.165, 1.54) is 13.8 Å². The Bertz CT molecular complexity index is 208. The summed E-state index contributed by atoms with van der Waals surface area (Å²) >= 11 is 11.8. The van der Waals surface area contributed by atoms with Gasteiger partial charge in [0, 0.05) is 0 Å². The third-order valence-corrected chi connectivity index (χ3v) is 2.93. The third kappa shape index (κ3) is 3.65. The van der Waals surface area contributed by atoms with Gasteiger partial charge in [-0.3, -0.25) is 9.59 Å². The maximum absolute atomic E-state index is 11.1. The summed E-state index contributed by atoms with van der Waals surface area (Å²) < 4.78 is 0. The normalized spacial score (nSPS) is 20.2. The number of halogens is 2. The van der Waals surface area contributed by atoms with Crippen molar-refractivity contribution < 1.29 is 9.59 Å². The van der Waals surface area contributed by atoms with Gasteiger partial charge < -0.3 is 0 Å². The zero-order valence-electron chi connectivity index (χ0n) is 8.28. The second-order valence-corrected chi connectivity index (χ2v) is 5.35. The Balaban J connectivity index is 4.61. The number of carbonyl (C=O) groups excluding carboxylic acids is 2. The van der Waals surface area contributed by atoms with Gasteiger partial charge in [-0.25, -0.2) is 0 Å². The zero-order valence-corrected chi connectivity index (χ0v) is 9.79. The molecule has 0 amide bonds. The summed E-state index contributed by atoms with van der Waals surface area (Å²) in [5.74, 6) is -0.357. The number of hydrogen-bond acceptors (Lipinski definition) is 2. The van der Waals surface area contributed by atoms with Crippen LogP contribution in [-0.2, 0) is 9.59 Å². The molecule has 0 rings (SSSR count). The minimum absolute atomic E-state index is 0.147. The van der Waals surface area contributed by atoms with E-state index in [4.69, 9.17) is 23.2 Å². The van der Waals surface area contributed by atoms with Crippen LogP contribution in [-0.4, -0.2) is 21.3 Å². The minimum Gasteiger partial charge on any atom is -0.298 e. The molecule has 0 aliphatic heterocycles. The summed E-state index contributed by atoms with van der Waals surface area (Å²) in [6.45, 7) is 5.92. The molecule has 0 aromatic rings. The van der Waals surface area contributed by atoms with Crippen LogP contribution in [0.1, 0.15) is 34.1 Å². The van der Waals surface area contributed by atoms with Crippen molar-refractivity contribution in [3.63, 3.8) is 0 Å². The highest BCUT2D eigenvalue weighted by Gasteiger charge is 2.38. The second kappa shape index (κ2) is 3.97. The third-order valence-electron chi connectivity index (χ3n) is 2.13. The first-order valence-electron chi connectivity index (χ1n) is 3.99. The molecule has 0 radical (unpaired) electrons. The van der Waals surface area contributed by atoms with Gasteiger partial charge in [0.1, 0.15) is 21.3 Å². The molecule has 0 saturated heterocycles. The quantitative estimate of drug-likeness (QED) is 0.689. The Morgan fingerprint density at radius 3 is 1.38 bits per heavy atom. The van der Waals surface area contributed by atoms with Crippen LogP contribution in [0.2, 0.25) is 0 Å². The van der Waals surface area contributed by atoms with E-state index < -0.39 is 9.75 Å². The molecule has 2 unspecified atom stereocenters. The molecule has 76 valence electrons. The van der Waals surface area contributed by atoms with Gasteiger partial charge in [0.25, 0.3) is 0 Å². The van der Waals surface area contributed by atoms with Crippen molar-refractivity contribution in [2.75, 3.05) is 0 Å². The first-order valence-corrected chi connectivity index (χ1v) is 4.75. The van der Waals surface area contributed by atoms with Crippen LogP contribution < -0.4 is 0 Å². The Morgan fingerprint density at radius 2 is 1.23 bits per heavy atom. The number of rotatable bonds is 4. The smallest absolute Gasteiger partial charge is 0.150 e. The largest absolute Gasteiger partial charge is 0.298 e. The molecule has 0 fully saturated rings. The number of alkyl halides is 2. The zero-order chi connectivity index (χ0) is 10.9.